The SMILES string of the molecule is CC(NC(=O)CN(C)S(=O)(=O)c1ccc(Cl)s1)c1cc(F)ccc1N1CCN(C)CC1. The molecule has 0 spiro atoms. The van der Waals surface area contributed by atoms with Gasteiger partial charge in [0.25, 0.3) is 10.0 Å². The molecule has 2 aromatic rings. The fourth-order valence-corrected chi connectivity index (χ4v) is 6.27. The number of nitrogens with zero attached hydrogens (tertiary/aromatic N) is 3. The second kappa shape index (κ2) is 9.83. The van der Waals surface area contributed by atoms with Crippen molar-refractivity contribution in [1.82, 2.24) is 14.5 Å². The van der Waals surface area contributed by atoms with Crippen LogP contribution in [-0.2, 0) is 14.8 Å². The van der Waals surface area contributed by atoms with Crippen LogP contribution < -0.4 is 10.2 Å². The molecule has 1 aliphatic heterocycles. The third-order valence-corrected chi connectivity index (χ3v) is 8.76. The number of piperazine rings is 1. The highest BCUT2D eigenvalue weighted by Crippen LogP contribution is 2.29. The highest BCUT2D eigenvalue weighted by molar-refractivity contribution is 7.91. The Labute approximate surface area is 191 Å². The molecule has 0 bridgehead atoms. The first-order chi connectivity index (χ1) is 14.6. The second-order valence-electron chi connectivity index (χ2n) is 7.60. The fourth-order valence-electron chi connectivity index (χ4n) is 3.45. The minimum absolute atomic E-state index is 0.0725. The molecule has 1 N–H and O–H groups in total. The monoisotopic (exact) mass is 488 g/mol. The van der Waals surface area contributed by atoms with E-state index in [9.17, 15) is 17.6 Å². The van der Waals surface area contributed by atoms with Gasteiger partial charge in [0, 0.05) is 44.5 Å². The average molecular weight is 489 g/mol. The molecule has 1 aliphatic rings. The average Bonchev–Trinajstić information content (AvgIpc) is 3.15. The Morgan fingerprint density at radius 3 is 2.55 bits per heavy atom. The molecule has 11 heteroatoms. The van der Waals surface area contributed by atoms with E-state index in [1.807, 2.05) is 0 Å². The molecule has 0 aliphatic carbocycles. The molecule has 31 heavy (non-hydrogen) atoms. The lowest BCUT2D eigenvalue weighted by Gasteiger charge is -2.36. The van der Waals surface area contributed by atoms with Gasteiger partial charge in [0.2, 0.25) is 5.91 Å². The molecular formula is C20H26ClFN4O3S2. The van der Waals surface area contributed by atoms with Crippen molar-refractivity contribution in [3.63, 3.8) is 0 Å². The minimum atomic E-state index is -3.82. The quantitative estimate of drug-likeness (QED) is 0.648. The standard InChI is InChI=1S/C20H26ClFN4O3S2/c1-14(16-12-15(22)4-5-17(16)26-10-8-24(2)9-11-26)23-19(27)13-25(3)31(28,29)20-7-6-18(21)30-20/h4-7,12,14H,8-11,13H2,1-3H3,(H,23,27). The first-order valence-corrected chi connectivity index (χ1v) is 12.5. The summed E-state index contributed by atoms with van der Waals surface area (Å²) in [5.74, 6) is -0.863. The molecule has 1 aromatic heterocycles. The number of carbonyl (C=O) groups is 1. The summed E-state index contributed by atoms with van der Waals surface area (Å²) in [4.78, 5) is 17.0. The van der Waals surface area contributed by atoms with Crippen molar-refractivity contribution in [2.45, 2.75) is 17.2 Å². The Balaban J connectivity index is 1.70. The van der Waals surface area contributed by atoms with Crippen LogP contribution in [0.15, 0.2) is 34.5 Å². The summed E-state index contributed by atoms with van der Waals surface area (Å²) in [5, 5.41) is 2.80. The van der Waals surface area contributed by atoms with Crippen molar-refractivity contribution in [1.29, 1.82) is 0 Å². The number of sulfonamides is 1. The zero-order valence-electron chi connectivity index (χ0n) is 17.6. The Hall–Kier alpha value is -1.72. The second-order valence-corrected chi connectivity index (χ2v) is 11.6. The largest absolute Gasteiger partial charge is 0.369 e. The zero-order valence-corrected chi connectivity index (χ0v) is 20.0. The summed E-state index contributed by atoms with van der Waals surface area (Å²) < 4.78 is 40.6. The van der Waals surface area contributed by atoms with E-state index in [1.54, 1.807) is 13.0 Å². The predicted molar refractivity (Wildman–Crippen MR) is 122 cm³/mol. The van der Waals surface area contributed by atoms with Gasteiger partial charge in [-0.25, -0.2) is 12.8 Å². The Morgan fingerprint density at radius 2 is 1.94 bits per heavy atom. The third kappa shape index (κ3) is 5.75. The number of rotatable bonds is 7. The van der Waals surface area contributed by atoms with Crippen LogP contribution in [0.2, 0.25) is 4.34 Å². The van der Waals surface area contributed by atoms with Crippen molar-refractivity contribution in [3.8, 4) is 0 Å². The van der Waals surface area contributed by atoms with Crippen LogP contribution in [0.4, 0.5) is 10.1 Å². The summed E-state index contributed by atoms with van der Waals surface area (Å²) in [5.41, 5.74) is 1.53. The van der Waals surface area contributed by atoms with Crippen molar-refractivity contribution in [2.75, 3.05) is 51.7 Å². The molecule has 1 amide bonds. The molecule has 2 heterocycles. The Bertz CT molecular complexity index is 1040. The van der Waals surface area contributed by atoms with E-state index in [0.717, 1.165) is 47.5 Å². The van der Waals surface area contributed by atoms with Gasteiger partial charge in [-0.1, -0.05) is 11.6 Å². The van der Waals surface area contributed by atoms with E-state index in [-0.39, 0.29) is 16.6 Å². The first-order valence-electron chi connectivity index (χ1n) is 9.82. The molecule has 0 saturated carbocycles. The van der Waals surface area contributed by atoms with Crippen LogP contribution >= 0.6 is 22.9 Å². The van der Waals surface area contributed by atoms with Gasteiger partial charge in [-0.15, -0.1) is 11.3 Å². The van der Waals surface area contributed by atoms with E-state index in [0.29, 0.717) is 9.90 Å². The number of likely N-dealkylation sites (N-methyl/N-ethyl adjacent to an activating group) is 2. The zero-order chi connectivity index (χ0) is 22.8. The lowest BCUT2D eigenvalue weighted by Crippen LogP contribution is -2.45. The molecule has 3 rings (SSSR count). The highest BCUT2D eigenvalue weighted by Gasteiger charge is 2.26. The van der Waals surface area contributed by atoms with Gasteiger partial charge in [0.1, 0.15) is 10.0 Å². The van der Waals surface area contributed by atoms with Crippen LogP contribution in [0, 0.1) is 5.82 Å². The van der Waals surface area contributed by atoms with Gasteiger partial charge in [0.15, 0.2) is 0 Å². The van der Waals surface area contributed by atoms with Crippen LogP contribution in [0.25, 0.3) is 0 Å². The topological polar surface area (TPSA) is 73.0 Å². The van der Waals surface area contributed by atoms with Gasteiger partial charge in [-0.05, 0) is 44.3 Å². The van der Waals surface area contributed by atoms with Crippen molar-refractivity contribution < 1.29 is 17.6 Å². The predicted octanol–water partition coefficient (Wildman–Crippen LogP) is 2.79. The van der Waals surface area contributed by atoms with Gasteiger partial charge >= 0.3 is 0 Å². The molecule has 1 atom stereocenters. The van der Waals surface area contributed by atoms with Gasteiger partial charge in [-0.2, -0.15) is 4.31 Å². The maximum Gasteiger partial charge on any atom is 0.252 e. The summed E-state index contributed by atoms with van der Waals surface area (Å²) in [6.07, 6.45) is 0. The van der Waals surface area contributed by atoms with Gasteiger partial charge in [-0.3, -0.25) is 4.79 Å². The molecule has 1 fully saturated rings. The lowest BCUT2D eigenvalue weighted by molar-refractivity contribution is -0.121. The molecular weight excluding hydrogens is 463 g/mol. The van der Waals surface area contributed by atoms with Crippen LogP contribution in [0.1, 0.15) is 18.5 Å². The molecule has 1 unspecified atom stereocenters. The molecule has 1 saturated heterocycles. The normalized spacial score (nSPS) is 16.5. The molecule has 0 radical (unpaired) electrons. The minimum Gasteiger partial charge on any atom is -0.369 e. The Morgan fingerprint density at radius 1 is 1.26 bits per heavy atom. The van der Waals surface area contributed by atoms with Crippen molar-refractivity contribution in [2.24, 2.45) is 0 Å². The number of amides is 1. The van der Waals surface area contributed by atoms with E-state index in [2.05, 4.69) is 22.2 Å². The number of thiophene rings is 1. The third-order valence-electron chi connectivity index (χ3n) is 5.26. The summed E-state index contributed by atoms with van der Waals surface area (Å²) in [7, 11) is -0.423. The molecule has 170 valence electrons. The van der Waals surface area contributed by atoms with E-state index in [1.165, 1.54) is 31.3 Å². The number of anilines is 1. The van der Waals surface area contributed by atoms with Crippen LogP contribution in [0.5, 0.6) is 0 Å². The van der Waals surface area contributed by atoms with E-state index >= 15 is 0 Å². The first kappa shape index (κ1) is 23.9. The van der Waals surface area contributed by atoms with E-state index < -0.39 is 22.0 Å². The summed E-state index contributed by atoms with van der Waals surface area (Å²) >= 11 is 6.77. The van der Waals surface area contributed by atoms with Crippen molar-refractivity contribution >= 4 is 44.6 Å². The van der Waals surface area contributed by atoms with Crippen molar-refractivity contribution in [3.05, 3.63) is 46.0 Å². The van der Waals surface area contributed by atoms with Gasteiger partial charge in [0.05, 0.1) is 16.9 Å². The maximum atomic E-state index is 14.0. The Kier molecular flexibility index (Phi) is 7.59. The van der Waals surface area contributed by atoms with Crippen LogP contribution in [0.3, 0.4) is 0 Å². The van der Waals surface area contributed by atoms with E-state index in [4.69, 9.17) is 11.6 Å². The number of hydrogen-bond acceptors (Lipinski definition) is 6. The number of carbonyl (C=O) groups excluding carboxylic acids is 1. The summed E-state index contributed by atoms with van der Waals surface area (Å²) in [6, 6.07) is 6.98. The smallest absolute Gasteiger partial charge is 0.252 e. The number of halogens is 2. The number of hydrogen-bond donors (Lipinski definition) is 1. The number of benzene rings is 1. The van der Waals surface area contributed by atoms with Crippen LogP contribution in [-0.4, -0.2) is 70.3 Å². The lowest BCUT2D eigenvalue weighted by atomic mass is 10.0. The molecule has 1 aromatic carbocycles. The van der Waals surface area contributed by atoms with Gasteiger partial charge < -0.3 is 15.1 Å². The summed E-state index contributed by atoms with van der Waals surface area (Å²) in [6.45, 7) is 4.81. The fraction of sp³-hybridized carbons (Fsp3) is 0.450. The highest BCUT2D eigenvalue weighted by atomic mass is 35.5. The molecule has 7 nitrogen and oxygen atoms in total. The number of nitrogens with one attached hydrogen (secondary N) is 1. The maximum absolute atomic E-state index is 14.0.